The van der Waals surface area contributed by atoms with Gasteiger partial charge in [-0.3, -0.25) is 4.79 Å². The van der Waals surface area contributed by atoms with E-state index in [9.17, 15) is 9.59 Å². The third-order valence-electron chi connectivity index (χ3n) is 5.25. The van der Waals surface area contributed by atoms with Crippen molar-refractivity contribution in [1.82, 2.24) is 15.1 Å². The minimum atomic E-state index is 0.0447. The first-order valence-corrected chi connectivity index (χ1v) is 10.1. The molecule has 1 aliphatic rings. The van der Waals surface area contributed by atoms with Crippen molar-refractivity contribution in [3.8, 4) is 11.5 Å². The molecule has 0 bridgehead atoms. The number of nitrogens with zero attached hydrogens (tertiary/aromatic N) is 2. The van der Waals surface area contributed by atoms with Crippen LogP contribution < -0.4 is 14.8 Å². The Labute approximate surface area is 168 Å². The maximum Gasteiger partial charge on any atom is 0.319 e. The lowest BCUT2D eigenvalue weighted by molar-refractivity contribution is -0.122. The topological polar surface area (TPSA) is 71.1 Å². The van der Waals surface area contributed by atoms with E-state index < -0.39 is 0 Å². The second-order valence-electron chi connectivity index (χ2n) is 6.97. The number of ether oxygens (including phenoxy) is 2. The van der Waals surface area contributed by atoms with Gasteiger partial charge in [0, 0.05) is 38.6 Å². The van der Waals surface area contributed by atoms with Crippen LogP contribution in [0, 0.1) is 0 Å². The molecule has 1 heterocycles. The number of nitrogens with one attached hydrogen (secondary N) is 1. The van der Waals surface area contributed by atoms with Crippen LogP contribution in [0.25, 0.3) is 0 Å². The van der Waals surface area contributed by atoms with Crippen LogP contribution in [0.5, 0.6) is 11.5 Å². The molecule has 7 nitrogen and oxygen atoms in total. The summed E-state index contributed by atoms with van der Waals surface area (Å²) in [6.07, 6.45) is 2.67. The van der Waals surface area contributed by atoms with Crippen LogP contribution in [-0.4, -0.2) is 68.2 Å². The van der Waals surface area contributed by atoms with Crippen LogP contribution in [0.1, 0.15) is 38.7 Å². The first-order valence-electron chi connectivity index (χ1n) is 10.1. The number of amides is 3. The molecule has 1 aliphatic heterocycles. The zero-order chi connectivity index (χ0) is 20.5. The summed E-state index contributed by atoms with van der Waals surface area (Å²) in [5.74, 6) is 1.40. The molecule has 0 aliphatic carbocycles. The Hall–Kier alpha value is -2.44. The second kappa shape index (κ2) is 10.8. The summed E-state index contributed by atoms with van der Waals surface area (Å²) in [6, 6.07) is 5.95. The molecule has 7 heteroatoms. The Morgan fingerprint density at radius 3 is 2.32 bits per heavy atom. The first-order chi connectivity index (χ1) is 13.5. The summed E-state index contributed by atoms with van der Waals surface area (Å²) in [5, 5.41) is 3.11. The summed E-state index contributed by atoms with van der Waals surface area (Å²) >= 11 is 0. The van der Waals surface area contributed by atoms with E-state index in [-0.39, 0.29) is 18.0 Å². The Balaban J connectivity index is 1.76. The van der Waals surface area contributed by atoms with E-state index >= 15 is 0 Å². The van der Waals surface area contributed by atoms with Crippen molar-refractivity contribution in [2.24, 2.45) is 0 Å². The lowest BCUT2D eigenvalue weighted by Gasteiger charge is -2.35. The number of rotatable bonds is 8. The fourth-order valence-electron chi connectivity index (χ4n) is 3.50. The van der Waals surface area contributed by atoms with E-state index in [1.54, 1.807) is 14.2 Å². The lowest BCUT2D eigenvalue weighted by Crippen LogP contribution is -2.50. The maximum absolute atomic E-state index is 12.4. The van der Waals surface area contributed by atoms with Gasteiger partial charge in [-0.05, 0) is 50.8 Å². The second-order valence-corrected chi connectivity index (χ2v) is 6.97. The van der Waals surface area contributed by atoms with Gasteiger partial charge in [-0.2, -0.15) is 0 Å². The SMILES string of the molecule is CCN(CC)C(=O)N1CCC(NC(=O)CCc2ccc(OC)c(OC)c2)CC1. The summed E-state index contributed by atoms with van der Waals surface area (Å²) in [4.78, 5) is 28.4. The smallest absolute Gasteiger partial charge is 0.319 e. The maximum atomic E-state index is 12.4. The molecule has 1 aromatic rings. The number of carbonyl (C=O) groups is 2. The van der Waals surface area contributed by atoms with Gasteiger partial charge in [-0.15, -0.1) is 0 Å². The Morgan fingerprint density at radius 2 is 1.75 bits per heavy atom. The van der Waals surface area contributed by atoms with E-state index in [0.29, 0.717) is 37.4 Å². The predicted octanol–water partition coefficient (Wildman–Crippen LogP) is 2.68. The van der Waals surface area contributed by atoms with Crippen molar-refractivity contribution in [3.63, 3.8) is 0 Å². The normalized spacial score (nSPS) is 14.5. The van der Waals surface area contributed by atoms with Crippen LogP contribution >= 0.6 is 0 Å². The highest BCUT2D eigenvalue weighted by molar-refractivity contribution is 5.77. The minimum absolute atomic E-state index is 0.0447. The fraction of sp³-hybridized carbons (Fsp3) is 0.619. The number of methoxy groups -OCH3 is 2. The Bertz CT molecular complexity index is 653. The zero-order valence-corrected chi connectivity index (χ0v) is 17.5. The van der Waals surface area contributed by atoms with Gasteiger partial charge in [0.15, 0.2) is 11.5 Å². The van der Waals surface area contributed by atoms with Crippen molar-refractivity contribution in [2.75, 3.05) is 40.4 Å². The number of benzene rings is 1. The summed E-state index contributed by atoms with van der Waals surface area (Å²) in [5.41, 5.74) is 1.03. The van der Waals surface area contributed by atoms with Gasteiger partial charge in [0.2, 0.25) is 5.91 Å². The van der Waals surface area contributed by atoms with Crippen LogP contribution in [0.3, 0.4) is 0 Å². The summed E-state index contributed by atoms with van der Waals surface area (Å²) in [7, 11) is 3.21. The van der Waals surface area contributed by atoms with Crippen LogP contribution in [0.4, 0.5) is 4.79 Å². The molecule has 0 spiro atoms. The van der Waals surface area contributed by atoms with Gasteiger partial charge >= 0.3 is 6.03 Å². The van der Waals surface area contributed by atoms with Gasteiger partial charge in [0.25, 0.3) is 0 Å². The highest BCUT2D eigenvalue weighted by Crippen LogP contribution is 2.28. The van der Waals surface area contributed by atoms with Crippen molar-refractivity contribution in [2.45, 2.75) is 45.6 Å². The third kappa shape index (κ3) is 5.78. The lowest BCUT2D eigenvalue weighted by atomic mass is 10.0. The summed E-state index contributed by atoms with van der Waals surface area (Å²) in [6.45, 7) is 6.82. The van der Waals surface area contributed by atoms with Crippen molar-refractivity contribution >= 4 is 11.9 Å². The number of aryl methyl sites for hydroxylation is 1. The number of likely N-dealkylation sites (tertiary alicyclic amines) is 1. The third-order valence-corrected chi connectivity index (χ3v) is 5.25. The highest BCUT2D eigenvalue weighted by atomic mass is 16.5. The number of carbonyl (C=O) groups excluding carboxylic acids is 2. The largest absolute Gasteiger partial charge is 0.493 e. The quantitative estimate of drug-likeness (QED) is 0.740. The zero-order valence-electron chi connectivity index (χ0n) is 17.5. The Kier molecular flexibility index (Phi) is 8.42. The van der Waals surface area contributed by atoms with E-state index in [1.165, 1.54) is 0 Å². The van der Waals surface area contributed by atoms with Crippen LogP contribution in [0.2, 0.25) is 0 Å². The van der Waals surface area contributed by atoms with E-state index in [4.69, 9.17) is 9.47 Å². The number of urea groups is 1. The molecular formula is C21H33N3O4. The number of hydrogen-bond donors (Lipinski definition) is 1. The van der Waals surface area contributed by atoms with Gasteiger partial charge in [0.1, 0.15) is 0 Å². The van der Waals surface area contributed by atoms with Gasteiger partial charge in [-0.25, -0.2) is 4.79 Å². The molecule has 0 saturated carbocycles. The molecule has 3 amide bonds. The molecule has 0 unspecified atom stereocenters. The van der Waals surface area contributed by atoms with Crippen molar-refractivity contribution < 1.29 is 19.1 Å². The minimum Gasteiger partial charge on any atom is -0.493 e. The van der Waals surface area contributed by atoms with E-state index in [0.717, 1.165) is 31.5 Å². The van der Waals surface area contributed by atoms with Crippen molar-refractivity contribution in [3.05, 3.63) is 23.8 Å². The molecule has 2 rings (SSSR count). The average molecular weight is 392 g/mol. The molecule has 28 heavy (non-hydrogen) atoms. The molecule has 1 N–H and O–H groups in total. The van der Waals surface area contributed by atoms with Gasteiger partial charge < -0.3 is 24.6 Å². The molecule has 0 atom stereocenters. The monoisotopic (exact) mass is 391 g/mol. The molecule has 156 valence electrons. The van der Waals surface area contributed by atoms with Gasteiger partial charge in [0.05, 0.1) is 14.2 Å². The molecule has 0 radical (unpaired) electrons. The van der Waals surface area contributed by atoms with E-state index in [1.807, 2.05) is 41.8 Å². The van der Waals surface area contributed by atoms with Gasteiger partial charge in [-0.1, -0.05) is 6.07 Å². The highest BCUT2D eigenvalue weighted by Gasteiger charge is 2.25. The average Bonchev–Trinajstić information content (AvgIpc) is 2.73. The number of piperidine rings is 1. The first kappa shape index (κ1) is 21.9. The fourth-order valence-corrected chi connectivity index (χ4v) is 3.50. The standard InChI is InChI=1S/C21H33N3O4/c1-5-23(6-2)21(26)24-13-11-17(12-14-24)22-20(25)10-8-16-7-9-18(27-3)19(15-16)28-4/h7,9,15,17H,5-6,8,10-14H2,1-4H3,(H,22,25). The van der Waals surface area contributed by atoms with Crippen LogP contribution in [0.15, 0.2) is 18.2 Å². The Morgan fingerprint density at radius 1 is 1.11 bits per heavy atom. The molecule has 1 saturated heterocycles. The molecule has 1 fully saturated rings. The molecule has 0 aromatic heterocycles. The predicted molar refractivity (Wildman–Crippen MR) is 109 cm³/mol. The molecular weight excluding hydrogens is 358 g/mol. The van der Waals surface area contributed by atoms with Crippen molar-refractivity contribution in [1.29, 1.82) is 0 Å². The van der Waals surface area contributed by atoms with E-state index in [2.05, 4.69) is 5.32 Å². The summed E-state index contributed by atoms with van der Waals surface area (Å²) < 4.78 is 10.5. The molecule has 1 aromatic carbocycles. The van der Waals surface area contributed by atoms with Crippen LogP contribution in [-0.2, 0) is 11.2 Å². The number of hydrogen-bond acceptors (Lipinski definition) is 4.